The molecule has 0 saturated heterocycles. The van der Waals surface area contributed by atoms with E-state index < -0.39 is 32.5 Å². The molecule has 0 spiro atoms. The fraction of sp³-hybridized carbons (Fsp3) is 0.567. The van der Waals surface area contributed by atoms with Crippen LogP contribution >= 0.6 is 7.82 Å². The molecule has 394 valence electrons. The van der Waals surface area contributed by atoms with Gasteiger partial charge in [0.1, 0.15) is 19.8 Å². The number of nitrogens with zero attached hydrogens (tertiary/aromatic N) is 1. The van der Waals surface area contributed by atoms with E-state index in [1.54, 1.807) is 0 Å². The number of likely N-dealkylation sites (N-methyl/N-ethyl adjacent to an activating group) is 1. The van der Waals surface area contributed by atoms with Crippen LogP contribution < -0.4 is 4.89 Å². The third-order valence-electron chi connectivity index (χ3n) is 10.4. The van der Waals surface area contributed by atoms with Crippen LogP contribution in [-0.4, -0.2) is 70.0 Å². The SMILES string of the molecule is CC/C=C\C/C=C\C/C=C\C/C=C\C/C=C\C/C=C\C/C=C\C/C=C\CCCCCCCCCCC(=O)OC(COC(=O)CC/C=C\C/C=C\C/C=C\C/C=C\CC)COP(=O)([O-])OCC[N+](C)(C)C. The molecule has 0 aliphatic heterocycles. The summed E-state index contributed by atoms with van der Waals surface area (Å²) in [6, 6.07) is 0. The summed E-state index contributed by atoms with van der Waals surface area (Å²) in [7, 11) is 1.10. The molecule has 0 bridgehead atoms. The molecule has 2 atom stereocenters. The quantitative estimate of drug-likeness (QED) is 0.0195. The van der Waals surface area contributed by atoms with Crippen molar-refractivity contribution in [2.45, 2.75) is 174 Å². The fourth-order valence-corrected chi connectivity index (χ4v) is 7.06. The maximum absolute atomic E-state index is 12.7. The van der Waals surface area contributed by atoms with E-state index in [4.69, 9.17) is 18.5 Å². The number of quaternary nitrogens is 1. The number of carbonyl (C=O) groups is 2. The van der Waals surface area contributed by atoms with Crippen molar-refractivity contribution in [1.29, 1.82) is 0 Å². The summed E-state index contributed by atoms with van der Waals surface area (Å²) < 4.78 is 33.9. The highest BCUT2D eigenvalue weighted by Crippen LogP contribution is 2.38. The molecular weight excluding hydrogens is 894 g/mol. The molecule has 70 heavy (non-hydrogen) atoms. The molecule has 0 aromatic carbocycles. The van der Waals surface area contributed by atoms with Crippen LogP contribution in [0.4, 0.5) is 0 Å². The van der Waals surface area contributed by atoms with Gasteiger partial charge in [-0.05, 0) is 103 Å². The summed E-state index contributed by atoms with van der Waals surface area (Å²) >= 11 is 0. The first kappa shape index (κ1) is 65.9. The average molecular weight is 990 g/mol. The zero-order valence-electron chi connectivity index (χ0n) is 44.4. The van der Waals surface area contributed by atoms with E-state index in [0.717, 1.165) is 103 Å². The van der Waals surface area contributed by atoms with Crippen LogP contribution in [-0.2, 0) is 32.7 Å². The lowest BCUT2D eigenvalue weighted by Crippen LogP contribution is -2.37. The van der Waals surface area contributed by atoms with Crippen molar-refractivity contribution in [2.75, 3.05) is 47.5 Å². The van der Waals surface area contributed by atoms with Gasteiger partial charge in [-0.2, -0.15) is 0 Å². The molecule has 0 heterocycles. The predicted octanol–water partition coefficient (Wildman–Crippen LogP) is 15.7. The van der Waals surface area contributed by atoms with Crippen molar-refractivity contribution in [1.82, 2.24) is 0 Å². The summed E-state index contributed by atoms with van der Waals surface area (Å²) in [6.07, 6.45) is 73.4. The number of esters is 2. The topological polar surface area (TPSA) is 111 Å². The Balaban J connectivity index is 4.25. The second kappa shape index (κ2) is 49.9. The molecule has 0 aliphatic rings. The Morgan fingerprint density at radius 3 is 1.20 bits per heavy atom. The van der Waals surface area contributed by atoms with Crippen molar-refractivity contribution >= 4 is 19.8 Å². The zero-order valence-corrected chi connectivity index (χ0v) is 45.3. The molecule has 0 saturated carbocycles. The smallest absolute Gasteiger partial charge is 0.306 e. The number of rotatable bonds is 46. The van der Waals surface area contributed by atoms with Gasteiger partial charge in [-0.25, -0.2) is 0 Å². The maximum Gasteiger partial charge on any atom is 0.306 e. The van der Waals surface area contributed by atoms with Gasteiger partial charge in [-0.1, -0.05) is 198 Å². The van der Waals surface area contributed by atoms with Crippen molar-refractivity contribution in [2.24, 2.45) is 0 Å². The van der Waals surface area contributed by atoms with Crippen LogP contribution in [0.5, 0.6) is 0 Å². The first-order chi connectivity index (χ1) is 34.0. The Kier molecular flexibility index (Phi) is 46.9. The van der Waals surface area contributed by atoms with Gasteiger partial charge < -0.3 is 27.9 Å². The van der Waals surface area contributed by atoms with Crippen molar-refractivity contribution < 1.29 is 42.1 Å². The van der Waals surface area contributed by atoms with Crippen molar-refractivity contribution in [3.8, 4) is 0 Å². The summed E-state index contributed by atoms with van der Waals surface area (Å²) in [5, 5.41) is 0. The predicted molar refractivity (Wildman–Crippen MR) is 295 cm³/mol. The van der Waals surface area contributed by atoms with E-state index >= 15 is 0 Å². The molecule has 0 amide bonds. The van der Waals surface area contributed by atoms with E-state index in [9.17, 15) is 19.0 Å². The number of unbranched alkanes of at least 4 members (excludes halogenated alkanes) is 8. The number of carbonyl (C=O) groups excluding carboxylic acids is 2. The number of ether oxygens (including phenoxy) is 2. The van der Waals surface area contributed by atoms with Crippen molar-refractivity contribution in [3.63, 3.8) is 0 Å². The van der Waals surface area contributed by atoms with Gasteiger partial charge in [-0.15, -0.1) is 0 Å². The highest BCUT2D eigenvalue weighted by atomic mass is 31.2. The van der Waals surface area contributed by atoms with Gasteiger partial charge in [0.2, 0.25) is 0 Å². The first-order valence-corrected chi connectivity index (χ1v) is 28.0. The van der Waals surface area contributed by atoms with Gasteiger partial charge in [0.25, 0.3) is 7.82 Å². The van der Waals surface area contributed by atoms with E-state index in [0.29, 0.717) is 23.9 Å². The lowest BCUT2D eigenvalue weighted by atomic mass is 10.1. The Bertz CT molecular complexity index is 1690. The van der Waals surface area contributed by atoms with E-state index in [2.05, 4.69) is 148 Å². The minimum Gasteiger partial charge on any atom is -0.756 e. The number of hydrogen-bond acceptors (Lipinski definition) is 8. The molecule has 10 heteroatoms. The number of allylic oxidation sites excluding steroid dienone is 24. The molecule has 0 rings (SSSR count). The molecular formula is C60H96NO8P. The summed E-state index contributed by atoms with van der Waals surface area (Å²) in [4.78, 5) is 37.6. The largest absolute Gasteiger partial charge is 0.756 e. The van der Waals surface area contributed by atoms with Crippen LogP contribution in [0.1, 0.15) is 168 Å². The normalized spacial score (nSPS) is 14.5. The molecule has 0 aromatic rings. The van der Waals surface area contributed by atoms with Crippen LogP contribution in [0, 0.1) is 0 Å². The van der Waals surface area contributed by atoms with Gasteiger partial charge in [0, 0.05) is 12.8 Å². The van der Waals surface area contributed by atoms with E-state index in [1.807, 2.05) is 33.3 Å². The highest BCUT2D eigenvalue weighted by molar-refractivity contribution is 7.45. The van der Waals surface area contributed by atoms with E-state index in [1.165, 1.54) is 25.7 Å². The second-order valence-corrected chi connectivity index (χ2v) is 19.5. The standard InChI is InChI=1S/C60H96NO8P/c1-6-8-10-12-14-16-18-20-21-22-23-24-25-26-27-28-29-30-31-32-33-34-35-36-37-38-39-41-43-45-47-49-51-53-60(63)69-58(57-68-70(64,65)67-55-54-61(3,4)5)56-66-59(62)52-50-48-46-44-42-40-19-17-15-13-11-9-7-2/h8-11,14-17,20-21,23-24,26-27,29-30,32-33,35-36,40,42,46,48,58H,6-7,12-13,18-19,22,25,28,31,34,37-39,41,43-45,47,49-57H2,1-5H3/b10-8-,11-9-,16-14-,17-15-,21-20-,24-23-,27-26-,30-29-,33-32-,36-35-,42-40-,48-46-. The summed E-state index contributed by atoms with van der Waals surface area (Å²) in [5.41, 5.74) is 0. The Hall–Kier alpha value is -4.11. The van der Waals surface area contributed by atoms with Crippen LogP contribution in [0.25, 0.3) is 0 Å². The summed E-state index contributed by atoms with van der Waals surface area (Å²) in [6.45, 7) is 3.87. The summed E-state index contributed by atoms with van der Waals surface area (Å²) in [5.74, 6) is -0.953. The fourth-order valence-electron chi connectivity index (χ4n) is 6.33. The third-order valence-corrected chi connectivity index (χ3v) is 11.3. The maximum atomic E-state index is 12.7. The van der Waals surface area contributed by atoms with Crippen LogP contribution in [0.2, 0.25) is 0 Å². The molecule has 2 unspecified atom stereocenters. The second-order valence-electron chi connectivity index (χ2n) is 18.1. The Morgan fingerprint density at radius 1 is 0.443 bits per heavy atom. The Morgan fingerprint density at radius 2 is 0.800 bits per heavy atom. The van der Waals surface area contributed by atoms with Gasteiger partial charge in [0.05, 0.1) is 27.7 Å². The zero-order chi connectivity index (χ0) is 51.3. The van der Waals surface area contributed by atoms with Crippen LogP contribution in [0.3, 0.4) is 0 Å². The highest BCUT2D eigenvalue weighted by Gasteiger charge is 2.21. The number of phosphoric ester groups is 1. The third kappa shape index (κ3) is 53.2. The van der Waals surface area contributed by atoms with Gasteiger partial charge >= 0.3 is 11.9 Å². The molecule has 0 fully saturated rings. The molecule has 0 aliphatic carbocycles. The minimum atomic E-state index is -4.66. The number of hydrogen-bond donors (Lipinski definition) is 0. The minimum absolute atomic E-state index is 0.0515. The molecule has 0 radical (unpaired) electrons. The lowest BCUT2D eigenvalue weighted by Gasteiger charge is -2.28. The van der Waals surface area contributed by atoms with E-state index in [-0.39, 0.29) is 26.1 Å². The van der Waals surface area contributed by atoms with Crippen LogP contribution in [0.15, 0.2) is 146 Å². The van der Waals surface area contributed by atoms with Crippen molar-refractivity contribution in [3.05, 3.63) is 146 Å². The van der Waals surface area contributed by atoms with Gasteiger partial charge in [0.15, 0.2) is 6.10 Å². The number of phosphoric acid groups is 1. The first-order valence-electron chi connectivity index (χ1n) is 26.5. The Labute approximate surface area is 427 Å². The molecule has 0 aromatic heterocycles. The monoisotopic (exact) mass is 990 g/mol. The molecule has 0 N–H and O–H groups in total. The lowest BCUT2D eigenvalue weighted by molar-refractivity contribution is -0.870. The average Bonchev–Trinajstić information content (AvgIpc) is 3.32. The molecule has 9 nitrogen and oxygen atoms in total. The van der Waals surface area contributed by atoms with Gasteiger partial charge in [-0.3, -0.25) is 14.2 Å².